The molecule has 0 aliphatic rings. The van der Waals surface area contributed by atoms with E-state index in [4.69, 9.17) is 27.6 Å². The molecule has 4 rings (SSSR count). The highest BCUT2D eigenvalue weighted by atomic mass is 35.5. The molecule has 0 unspecified atom stereocenters. The number of benzene rings is 2. The molecule has 31 heavy (non-hydrogen) atoms. The minimum Gasteiger partial charge on any atom is -0.463 e. The Morgan fingerprint density at radius 3 is 2.65 bits per heavy atom. The minimum atomic E-state index is -0.227. The van der Waals surface area contributed by atoms with Crippen LogP contribution in [0.15, 0.2) is 65.3 Å². The number of nitrogens with zero attached hydrogens (tertiary/aromatic N) is 2. The number of carbonyl (C=O) groups excluding carboxylic acids is 1. The van der Waals surface area contributed by atoms with Gasteiger partial charge < -0.3 is 9.73 Å². The van der Waals surface area contributed by atoms with Gasteiger partial charge in [-0.2, -0.15) is 5.10 Å². The van der Waals surface area contributed by atoms with E-state index in [9.17, 15) is 4.79 Å². The smallest absolute Gasteiger partial charge is 0.270 e. The quantitative estimate of drug-likeness (QED) is 0.387. The summed E-state index contributed by atoms with van der Waals surface area (Å²) in [6.45, 7) is 4.46. The molecule has 0 atom stereocenters. The SMILES string of the molecule is Cc1ccc(-n2nc(-c3ccco3)cc2C(=O)NCCc2ccc(Cl)cc2Cl)c(C)c1. The van der Waals surface area contributed by atoms with Crippen molar-refractivity contribution in [3.63, 3.8) is 0 Å². The molecule has 0 saturated heterocycles. The van der Waals surface area contributed by atoms with Crippen molar-refractivity contribution in [2.75, 3.05) is 6.54 Å². The van der Waals surface area contributed by atoms with Crippen molar-refractivity contribution in [2.45, 2.75) is 20.3 Å². The third kappa shape index (κ3) is 4.68. The maximum absolute atomic E-state index is 13.1. The molecule has 2 aromatic carbocycles. The highest BCUT2D eigenvalue weighted by Gasteiger charge is 2.19. The van der Waals surface area contributed by atoms with Gasteiger partial charge >= 0.3 is 0 Å². The lowest BCUT2D eigenvalue weighted by Gasteiger charge is -2.11. The largest absolute Gasteiger partial charge is 0.463 e. The first kappa shape index (κ1) is 21.2. The summed E-state index contributed by atoms with van der Waals surface area (Å²) in [6, 6.07) is 16.7. The third-order valence-corrected chi connectivity index (χ3v) is 5.58. The van der Waals surface area contributed by atoms with E-state index in [0.29, 0.717) is 40.2 Å². The van der Waals surface area contributed by atoms with Crippen molar-refractivity contribution in [1.29, 1.82) is 0 Å². The number of hydrogen-bond acceptors (Lipinski definition) is 3. The third-order valence-electron chi connectivity index (χ3n) is 4.99. The van der Waals surface area contributed by atoms with Gasteiger partial charge in [-0.05, 0) is 61.7 Å². The monoisotopic (exact) mass is 453 g/mol. The van der Waals surface area contributed by atoms with Crippen molar-refractivity contribution in [3.05, 3.63) is 93.3 Å². The summed E-state index contributed by atoms with van der Waals surface area (Å²) in [5.41, 5.74) is 4.96. The fourth-order valence-corrected chi connectivity index (χ4v) is 3.94. The lowest BCUT2D eigenvalue weighted by Crippen LogP contribution is -2.28. The fraction of sp³-hybridized carbons (Fsp3) is 0.167. The molecule has 4 aromatic rings. The standard InChI is InChI=1S/C24H21Cl2N3O2/c1-15-5-8-21(16(2)12-15)29-22(14-20(28-29)23-4-3-11-31-23)24(30)27-10-9-17-6-7-18(25)13-19(17)26/h3-8,11-14H,9-10H2,1-2H3,(H,27,30). The van der Waals surface area contributed by atoms with Crippen LogP contribution < -0.4 is 5.32 Å². The van der Waals surface area contributed by atoms with Crippen molar-refractivity contribution in [1.82, 2.24) is 15.1 Å². The van der Waals surface area contributed by atoms with Crippen molar-refractivity contribution < 1.29 is 9.21 Å². The number of nitrogens with one attached hydrogen (secondary N) is 1. The maximum Gasteiger partial charge on any atom is 0.270 e. The zero-order chi connectivity index (χ0) is 22.0. The van der Waals surface area contributed by atoms with Crippen LogP contribution >= 0.6 is 23.2 Å². The zero-order valence-electron chi connectivity index (χ0n) is 17.2. The number of furan rings is 1. The van der Waals surface area contributed by atoms with Crippen LogP contribution in [0.1, 0.15) is 27.2 Å². The van der Waals surface area contributed by atoms with Gasteiger partial charge in [0.15, 0.2) is 5.76 Å². The summed E-state index contributed by atoms with van der Waals surface area (Å²) in [7, 11) is 0. The Kier molecular flexibility index (Phi) is 6.16. The van der Waals surface area contributed by atoms with Gasteiger partial charge in [-0.15, -0.1) is 0 Å². The van der Waals surface area contributed by atoms with Gasteiger partial charge in [0.2, 0.25) is 0 Å². The number of aryl methyl sites for hydroxylation is 2. The Hall–Kier alpha value is -3.02. The van der Waals surface area contributed by atoms with Gasteiger partial charge in [0.1, 0.15) is 11.4 Å². The normalized spacial score (nSPS) is 11.0. The Bertz CT molecular complexity index is 1230. The van der Waals surface area contributed by atoms with E-state index in [2.05, 4.69) is 16.5 Å². The second kappa shape index (κ2) is 9.00. The molecule has 0 bridgehead atoms. The summed E-state index contributed by atoms with van der Waals surface area (Å²) in [6.07, 6.45) is 2.17. The van der Waals surface area contributed by atoms with E-state index >= 15 is 0 Å². The fourth-order valence-electron chi connectivity index (χ4n) is 3.44. The van der Waals surface area contributed by atoms with Crippen molar-refractivity contribution in [2.24, 2.45) is 0 Å². The molecule has 5 nitrogen and oxygen atoms in total. The van der Waals surface area contributed by atoms with Gasteiger partial charge in [0, 0.05) is 22.7 Å². The lowest BCUT2D eigenvalue weighted by molar-refractivity contribution is 0.0946. The predicted octanol–water partition coefficient (Wildman–Crippen LogP) is 6.03. The lowest BCUT2D eigenvalue weighted by atomic mass is 10.1. The number of amides is 1. The van der Waals surface area contributed by atoms with Crippen LogP contribution in [0.4, 0.5) is 0 Å². The van der Waals surface area contributed by atoms with Crippen molar-refractivity contribution >= 4 is 29.1 Å². The highest BCUT2D eigenvalue weighted by Crippen LogP contribution is 2.25. The number of halogens is 2. The van der Waals surface area contributed by atoms with Crippen LogP contribution in [0.3, 0.4) is 0 Å². The number of aromatic nitrogens is 2. The summed E-state index contributed by atoms with van der Waals surface area (Å²) in [5, 5.41) is 8.79. The van der Waals surface area contributed by atoms with E-state index in [-0.39, 0.29) is 5.91 Å². The van der Waals surface area contributed by atoms with Crippen molar-refractivity contribution in [3.8, 4) is 17.1 Å². The summed E-state index contributed by atoms with van der Waals surface area (Å²) < 4.78 is 7.15. The molecule has 0 aliphatic carbocycles. The number of hydrogen-bond donors (Lipinski definition) is 1. The van der Waals surface area contributed by atoms with Crippen LogP contribution in [-0.4, -0.2) is 22.2 Å². The molecular weight excluding hydrogens is 433 g/mol. The van der Waals surface area contributed by atoms with E-state index in [1.165, 1.54) is 0 Å². The number of rotatable bonds is 6. The van der Waals surface area contributed by atoms with Crippen LogP contribution in [0.2, 0.25) is 10.0 Å². The summed E-state index contributed by atoms with van der Waals surface area (Å²) >= 11 is 12.2. The van der Waals surface area contributed by atoms with Gasteiger partial charge in [-0.25, -0.2) is 4.68 Å². The average Bonchev–Trinajstić information content (AvgIpc) is 3.39. The Balaban J connectivity index is 1.60. The molecule has 1 amide bonds. The molecule has 2 heterocycles. The second-order valence-electron chi connectivity index (χ2n) is 7.34. The van der Waals surface area contributed by atoms with Crippen LogP contribution in [0.5, 0.6) is 0 Å². The highest BCUT2D eigenvalue weighted by molar-refractivity contribution is 6.35. The van der Waals surface area contributed by atoms with Crippen LogP contribution in [-0.2, 0) is 6.42 Å². The van der Waals surface area contributed by atoms with E-state index < -0.39 is 0 Å². The second-order valence-corrected chi connectivity index (χ2v) is 8.18. The van der Waals surface area contributed by atoms with E-state index in [0.717, 1.165) is 22.4 Å². The molecule has 1 N–H and O–H groups in total. The summed E-state index contributed by atoms with van der Waals surface area (Å²) in [5.74, 6) is 0.376. The summed E-state index contributed by atoms with van der Waals surface area (Å²) in [4.78, 5) is 13.1. The topological polar surface area (TPSA) is 60.1 Å². The van der Waals surface area contributed by atoms with Gasteiger partial charge in [-0.3, -0.25) is 4.79 Å². The maximum atomic E-state index is 13.1. The van der Waals surface area contributed by atoms with Gasteiger partial charge in [0.05, 0.1) is 12.0 Å². The number of carbonyl (C=O) groups is 1. The molecule has 158 valence electrons. The Labute approximate surface area is 190 Å². The molecule has 0 fully saturated rings. The Morgan fingerprint density at radius 1 is 1.10 bits per heavy atom. The first-order valence-electron chi connectivity index (χ1n) is 9.86. The minimum absolute atomic E-state index is 0.227. The zero-order valence-corrected chi connectivity index (χ0v) is 18.7. The molecule has 7 heteroatoms. The molecule has 2 aromatic heterocycles. The Morgan fingerprint density at radius 2 is 1.94 bits per heavy atom. The van der Waals surface area contributed by atoms with E-state index in [1.54, 1.807) is 35.2 Å². The predicted molar refractivity (Wildman–Crippen MR) is 123 cm³/mol. The van der Waals surface area contributed by atoms with Crippen LogP contribution in [0, 0.1) is 13.8 Å². The average molecular weight is 454 g/mol. The first-order valence-corrected chi connectivity index (χ1v) is 10.6. The molecule has 0 saturated carbocycles. The van der Waals surface area contributed by atoms with E-state index in [1.807, 2.05) is 38.1 Å². The molecule has 0 radical (unpaired) electrons. The van der Waals surface area contributed by atoms with Crippen LogP contribution in [0.25, 0.3) is 17.1 Å². The van der Waals surface area contributed by atoms with Gasteiger partial charge in [0.25, 0.3) is 5.91 Å². The first-order chi connectivity index (χ1) is 14.9. The van der Waals surface area contributed by atoms with Gasteiger partial charge in [-0.1, -0.05) is 47.0 Å². The molecular formula is C24H21Cl2N3O2. The molecule has 0 spiro atoms. The molecule has 0 aliphatic heterocycles.